The fraction of sp³-hybridized carbons (Fsp3) is 0.286. The van der Waals surface area contributed by atoms with Crippen molar-refractivity contribution in [3.8, 4) is 0 Å². The zero-order chi connectivity index (χ0) is 14.4. The minimum atomic E-state index is -0.666. The molecule has 0 unspecified atom stereocenters. The fourth-order valence-electron chi connectivity index (χ4n) is 1.80. The Bertz CT molecular complexity index is 570. The monoisotopic (exact) mass is 277 g/mol. The van der Waals surface area contributed by atoms with Gasteiger partial charge in [0.2, 0.25) is 0 Å². The van der Waals surface area contributed by atoms with Gasteiger partial charge < -0.3 is 10.1 Å². The van der Waals surface area contributed by atoms with Crippen molar-refractivity contribution in [2.75, 3.05) is 13.7 Å². The van der Waals surface area contributed by atoms with E-state index in [9.17, 15) is 9.18 Å². The largest absolute Gasteiger partial charge is 0.465 e. The second-order valence-corrected chi connectivity index (χ2v) is 4.25. The van der Waals surface area contributed by atoms with Crippen molar-refractivity contribution in [1.29, 1.82) is 0 Å². The molecule has 0 fully saturated rings. The molecule has 0 aliphatic rings. The Kier molecular flexibility index (Phi) is 4.84. The normalized spacial score (nSPS) is 10.5. The van der Waals surface area contributed by atoms with Gasteiger partial charge in [-0.1, -0.05) is 6.07 Å². The average molecular weight is 277 g/mol. The van der Waals surface area contributed by atoms with Crippen LogP contribution in [-0.4, -0.2) is 29.4 Å². The SMILES string of the molecule is COC(=O)c1ccc(CNCCn2cccn2)cc1F. The summed E-state index contributed by atoms with van der Waals surface area (Å²) in [6.07, 6.45) is 3.60. The van der Waals surface area contributed by atoms with Gasteiger partial charge in [0.15, 0.2) is 0 Å². The Balaban J connectivity index is 1.84. The predicted octanol–water partition coefficient (Wildman–Crippen LogP) is 1.60. The highest BCUT2D eigenvalue weighted by Crippen LogP contribution is 2.11. The molecule has 0 aliphatic heterocycles. The zero-order valence-electron chi connectivity index (χ0n) is 11.2. The average Bonchev–Trinajstić information content (AvgIpc) is 2.96. The number of aromatic nitrogens is 2. The molecule has 1 heterocycles. The molecule has 0 atom stereocenters. The molecule has 1 aromatic carbocycles. The third-order valence-corrected chi connectivity index (χ3v) is 2.84. The minimum Gasteiger partial charge on any atom is -0.465 e. The number of nitrogens with one attached hydrogen (secondary N) is 1. The van der Waals surface area contributed by atoms with Crippen LogP contribution in [-0.2, 0) is 17.8 Å². The van der Waals surface area contributed by atoms with Crippen LogP contribution in [0, 0.1) is 5.82 Å². The number of hydrogen-bond donors (Lipinski definition) is 1. The van der Waals surface area contributed by atoms with E-state index in [1.54, 1.807) is 12.3 Å². The molecule has 106 valence electrons. The highest BCUT2D eigenvalue weighted by molar-refractivity contribution is 5.89. The number of carbonyl (C=O) groups excluding carboxylic acids is 1. The number of hydrogen-bond acceptors (Lipinski definition) is 4. The summed E-state index contributed by atoms with van der Waals surface area (Å²) in [5, 5.41) is 7.27. The lowest BCUT2D eigenvalue weighted by Crippen LogP contribution is -2.20. The molecule has 1 N–H and O–H groups in total. The van der Waals surface area contributed by atoms with E-state index >= 15 is 0 Å². The fourth-order valence-corrected chi connectivity index (χ4v) is 1.80. The Morgan fingerprint density at radius 2 is 2.35 bits per heavy atom. The van der Waals surface area contributed by atoms with E-state index in [-0.39, 0.29) is 5.56 Å². The maximum Gasteiger partial charge on any atom is 0.340 e. The smallest absolute Gasteiger partial charge is 0.340 e. The van der Waals surface area contributed by atoms with Crippen molar-refractivity contribution in [2.45, 2.75) is 13.1 Å². The summed E-state index contributed by atoms with van der Waals surface area (Å²) in [7, 11) is 1.23. The number of halogens is 1. The number of carbonyl (C=O) groups is 1. The topological polar surface area (TPSA) is 56.1 Å². The summed E-state index contributed by atoms with van der Waals surface area (Å²) in [5.74, 6) is -1.23. The van der Waals surface area contributed by atoms with Gasteiger partial charge in [0.05, 0.1) is 19.2 Å². The van der Waals surface area contributed by atoms with Crippen molar-refractivity contribution >= 4 is 5.97 Å². The molecule has 0 aliphatic carbocycles. The first-order chi connectivity index (χ1) is 9.70. The van der Waals surface area contributed by atoms with Crippen molar-refractivity contribution in [3.63, 3.8) is 0 Å². The van der Waals surface area contributed by atoms with Crippen LogP contribution in [0.2, 0.25) is 0 Å². The van der Waals surface area contributed by atoms with Crippen molar-refractivity contribution in [1.82, 2.24) is 15.1 Å². The van der Waals surface area contributed by atoms with Gasteiger partial charge >= 0.3 is 5.97 Å². The predicted molar refractivity (Wildman–Crippen MR) is 71.7 cm³/mol. The van der Waals surface area contributed by atoms with Gasteiger partial charge in [-0.3, -0.25) is 4.68 Å². The summed E-state index contributed by atoms with van der Waals surface area (Å²) in [5.41, 5.74) is 0.725. The molecule has 0 saturated carbocycles. The van der Waals surface area contributed by atoms with Gasteiger partial charge in [-0.15, -0.1) is 0 Å². The Labute approximate surface area is 116 Å². The maximum absolute atomic E-state index is 13.7. The van der Waals surface area contributed by atoms with E-state index in [0.717, 1.165) is 18.7 Å². The molecule has 0 bridgehead atoms. The van der Waals surface area contributed by atoms with Gasteiger partial charge in [0.1, 0.15) is 5.82 Å². The lowest BCUT2D eigenvalue weighted by molar-refractivity contribution is 0.0595. The molecule has 0 amide bonds. The van der Waals surface area contributed by atoms with E-state index in [2.05, 4.69) is 15.2 Å². The summed E-state index contributed by atoms with van der Waals surface area (Å²) in [4.78, 5) is 11.2. The van der Waals surface area contributed by atoms with E-state index in [4.69, 9.17) is 0 Å². The molecule has 0 radical (unpaired) electrons. The zero-order valence-corrected chi connectivity index (χ0v) is 11.2. The van der Waals surface area contributed by atoms with Crippen molar-refractivity contribution < 1.29 is 13.9 Å². The minimum absolute atomic E-state index is 0.0483. The number of rotatable bonds is 6. The van der Waals surface area contributed by atoms with Crippen LogP contribution in [0.1, 0.15) is 15.9 Å². The molecule has 2 rings (SSSR count). The third-order valence-electron chi connectivity index (χ3n) is 2.84. The second kappa shape index (κ2) is 6.81. The molecule has 0 spiro atoms. The van der Waals surface area contributed by atoms with E-state index in [1.807, 2.05) is 16.9 Å². The molecule has 20 heavy (non-hydrogen) atoms. The standard InChI is InChI=1S/C14H16FN3O2/c1-20-14(19)12-4-3-11(9-13(12)15)10-16-6-8-18-7-2-5-17-18/h2-5,7,9,16H,6,8,10H2,1H3. The third kappa shape index (κ3) is 3.64. The van der Waals surface area contributed by atoms with E-state index < -0.39 is 11.8 Å². The second-order valence-electron chi connectivity index (χ2n) is 4.25. The molecular formula is C14H16FN3O2. The van der Waals surface area contributed by atoms with Crippen LogP contribution < -0.4 is 5.32 Å². The van der Waals surface area contributed by atoms with Crippen LogP contribution in [0.5, 0.6) is 0 Å². The molecule has 5 nitrogen and oxygen atoms in total. The van der Waals surface area contributed by atoms with Crippen LogP contribution in [0.25, 0.3) is 0 Å². The first-order valence-corrected chi connectivity index (χ1v) is 6.25. The van der Waals surface area contributed by atoms with Crippen LogP contribution >= 0.6 is 0 Å². The lowest BCUT2D eigenvalue weighted by atomic mass is 10.1. The van der Waals surface area contributed by atoms with Crippen LogP contribution in [0.4, 0.5) is 4.39 Å². The summed E-state index contributed by atoms with van der Waals surface area (Å²) in [6, 6.07) is 6.34. The van der Waals surface area contributed by atoms with Crippen molar-refractivity contribution in [2.24, 2.45) is 0 Å². The Morgan fingerprint density at radius 1 is 1.50 bits per heavy atom. The van der Waals surface area contributed by atoms with E-state index in [0.29, 0.717) is 6.54 Å². The van der Waals surface area contributed by atoms with Gasteiger partial charge in [-0.2, -0.15) is 5.10 Å². The summed E-state index contributed by atoms with van der Waals surface area (Å²) in [6.45, 7) is 2.00. The number of nitrogens with zero attached hydrogens (tertiary/aromatic N) is 2. The number of methoxy groups -OCH3 is 1. The first-order valence-electron chi connectivity index (χ1n) is 6.25. The van der Waals surface area contributed by atoms with E-state index in [1.165, 1.54) is 19.2 Å². The first kappa shape index (κ1) is 14.2. The number of benzene rings is 1. The highest BCUT2D eigenvalue weighted by Gasteiger charge is 2.11. The number of ether oxygens (including phenoxy) is 1. The quantitative estimate of drug-likeness (QED) is 0.643. The molecule has 0 saturated heterocycles. The molecule has 2 aromatic rings. The maximum atomic E-state index is 13.7. The van der Waals surface area contributed by atoms with Gasteiger partial charge in [-0.05, 0) is 23.8 Å². The highest BCUT2D eigenvalue weighted by atomic mass is 19.1. The van der Waals surface area contributed by atoms with Gasteiger partial charge in [0.25, 0.3) is 0 Å². The molecule has 1 aromatic heterocycles. The van der Waals surface area contributed by atoms with Crippen molar-refractivity contribution in [3.05, 3.63) is 53.6 Å². The Morgan fingerprint density at radius 3 is 3.00 bits per heavy atom. The summed E-state index contributed by atoms with van der Waals surface area (Å²) < 4.78 is 20.0. The molecule has 6 heteroatoms. The van der Waals surface area contributed by atoms with Gasteiger partial charge in [-0.25, -0.2) is 9.18 Å². The van der Waals surface area contributed by atoms with Gasteiger partial charge in [0, 0.05) is 25.5 Å². The summed E-state index contributed by atoms with van der Waals surface area (Å²) >= 11 is 0. The Hall–Kier alpha value is -2.21. The lowest BCUT2D eigenvalue weighted by Gasteiger charge is -2.07. The van der Waals surface area contributed by atoms with Crippen LogP contribution in [0.3, 0.4) is 0 Å². The molecular weight excluding hydrogens is 261 g/mol. The number of esters is 1. The van der Waals surface area contributed by atoms with Crippen LogP contribution in [0.15, 0.2) is 36.7 Å².